The Morgan fingerprint density at radius 1 is 1.28 bits per heavy atom. The molecule has 1 aliphatic rings. The molecule has 0 amide bonds. The number of nitro benzene ring substituents is 2. The summed E-state index contributed by atoms with van der Waals surface area (Å²) >= 11 is 0. The van der Waals surface area contributed by atoms with Gasteiger partial charge in [-0.2, -0.15) is 5.06 Å². The lowest BCUT2D eigenvalue weighted by atomic mass is 10.1. The number of hydrogen-bond donors (Lipinski definition) is 0. The highest BCUT2D eigenvalue weighted by Crippen LogP contribution is 2.39. The minimum Gasteiger partial charge on any atom is -0.344 e. The Kier molecular flexibility index (Phi) is 2.80. The molecular weight excluding hydrogens is 246 g/mol. The molecule has 1 aromatic carbocycles. The molecule has 1 heterocycles. The summed E-state index contributed by atoms with van der Waals surface area (Å²) in [5.74, 6) is 0. The largest absolute Gasteiger partial charge is 0.344 e. The van der Waals surface area contributed by atoms with E-state index in [9.17, 15) is 25.0 Å². The Morgan fingerprint density at radius 3 is 2.56 bits per heavy atom. The number of fused-ring (bicyclic) bond motifs is 1. The molecule has 18 heavy (non-hydrogen) atoms. The summed E-state index contributed by atoms with van der Waals surface area (Å²) in [4.78, 5) is 35.0. The van der Waals surface area contributed by atoms with E-state index in [1.165, 1.54) is 6.07 Å². The number of hydrogen-bond acceptors (Lipinski definition) is 7. The zero-order chi connectivity index (χ0) is 13.3. The number of hydroxylamine groups is 1. The molecule has 9 nitrogen and oxygen atoms in total. The van der Waals surface area contributed by atoms with Crippen molar-refractivity contribution >= 4 is 23.5 Å². The third kappa shape index (κ3) is 1.81. The molecule has 2 rings (SSSR count). The fourth-order valence-electron chi connectivity index (χ4n) is 1.88. The first-order valence-electron chi connectivity index (χ1n) is 4.88. The molecule has 0 aliphatic carbocycles. The van der Waals surface area contributed by atoms with Crippen LogP contribution in [-0.2, 0) is 16.1 Å². The smallest absolute Gasteiger partial charge is 0.320 e. The van der Waals surface area contributed by atoms with Gasteiger partial charge in [-0.25, -0.2) is 0 Å². The van der Waals surface area contributed by atoms with Crippen molar-refractivity contribution in [2.75, 3.05) is 11.6 Å². The van der Waals surface area contributed by atoms with Crippen LogP contribution in [0.2, 0.25) is 0 Å². The molecule has 94 valence electrons. The van der Waals surface area contributed by atoms with E-state index in [0.29, 0.717) is 12.0 Å². The van der Waals surface area contributed by atoms with Gasteiger partial charge in [0.15, 0.2) is 5.69 Å². The zero-order valence-electron chi connectivity index (χ0n) is 8.94. The summed E-state index contributed by atoms with van der Waals surface area (Å²) in [6, 6.07) is 2.10. The molecule has 0 saturated carbocycles. The van der Waals surface area contributed by atoms with E-state index in [1.54, 1.807) is 0 Å². The van der Waals surface area contributed by atoms with Crippen LogP contribution in [0.15, 0.2) is 12.1 Å². The average molecular weight is 253 g/mol. The van der Waals surface area contributed by atoms with Gasteiger partial charge < -0.3 is 4.84 Å². The molecular formula is C9H7N3O6. The van der Waals surface area contributed by atoms with Crippen molar-refractivity contribution in [2.45, 2.75) is 6.42 Å². The first-order chi connectivity index (χ1) is 8.54. The molecule has 0 unspecified atom stereocenters. The Hall–Kier alpha value is -2.71. The summed E-state index contributed by atoms with van der Waals surface area (Å²) in [5.41, 5.74) is -0.289. The Morgan fingerprint density at radius 2 is 2.00 bits per heavy atom. The van der Waals surface area contributed by atoms with Crippen LogP contribution in [0.3, 0.4) is 0 Å². The molecule has 9 heteroatoms. The van der Waals surface area contributed by atoms with Gasteiger partial charge in [-0.1, -0.05) is 0 Å². The van der Waals surface area contributed by atoms with Gasteiger partial charge in [0.25, 0.3) is 5.69 Å². The third-order valence-corrected chi connectivity index (χ3v) is 2.56. The van der Waals surface area contributed by atoms with E-state index in [2.05, 4.69) is 4.84 Å². The predicted octanol–water partition coefficient (Wildman–Crippen LogP) is 0.953. The first-order valence-corrected chi connectivity index (χ1v) is 4.88. The minimum atomic E-state index is -0.738. The number of anilines is 1. The Labute approximate surface area is 99.8 Å². The second-order valence-electron chi connectivity index (χ2n) is 3.54. The molecule has 0 saturated heterocycles. The summed E-state index contributed by atoms with van der Waals surface area (Å²) in [7, 11) is 0. The number of carbonyl (C=O) groups is 1. The van der Waals surface area contributed by atoms with E-state index >= 15 is 0 Å². The van der Waals surface area contributed by atoms with Crippen LogP contribution in [0, 0.1) is 20.2 Å². The van der Waals surface area contributed by atoms with Crippen molar-refractivity contribution in [3.8, 4) is 0 Å². The van der Waals surface area contributed by atoms with Gasteiger partial charge in [0.1, 0.15) is 0 Å². The lowest BCUT2D eigenvalue weighted by Crippen LogP contribution is -2.20. The van der Waals surface area contributed by atoms with Gasteiger partial charge in [0.2, 0.25) is 0 Å². The first kappa shape index (κ1) is 11.8. The standard InChI is InChI=1S/C9H7N3O6/c13-5-18-10-2-1-6-3-7(11(14)15)4-8(9(6)10)12(16)17/h3-5H,1-2H2. The number of benzene rings is 1. The van der Waals surface area contributed by atoms with E-state index in [1.807, 2.05) is 0 Å². The summed E-state index contributed by atoms with van der Waals surface area (Å²) in [6.07, 6.45) is 0.339. The number of nitrogens with zero attached hydrogens (tertiary/aromatic N) is 3. The zero-order valence-corrected chi connectivity index (χ0v) is 8.94. The van der Waals surface area contributed by atoms with Gasteiger partial charge in [0, 0.05) is 6.07 Å². The normalized spacial score (nSPS) is 13.0. The topological polar surface area (TPSA) is 116 Å². The molecule has 0 atom stereocenters. The molecule has 0 aromatic heterocycles. The molecule has 1 aliphatic heterocycles. The lowest BCUT2D eigenvalue weighted by molar-refractivity contribution is -0.393. The molecule has 0 spiro atoms. The van der Waals surface area contributed by atoms with Gasteiger partial charge in [-0.3, -0.25) is 25.0 Å². The van der Waals surface area contributed by atoms with Crippen LogP contribution < -0.4 is 5.06 Å². The van der Waals surface area contributed by atoms with Crippen LogP contribution in [0.1, 0.15) is 5.56 Å². The van der Waals surface area contributed by atoms with E-state index in [4.69, 9.17) is 0 Å². The minimum absolute atomic E-state index is 0.0951. The quantitative estimate of drug-likeness (QED) is 0.445. The second-order valence-corrected chi connectivity index (χ2v) is 3.54. The maximum absolute atomic E-state index is 10.9. The third-order valence-electron chi connectivity index (χ3n) is 2.56. The van der Waals surface area contributed by atoms with Gasteiger partial charge >= 0.3 is 12.2 Å². The van der Waals surface area contributed by atoms with Crippen LogP contribution >= 0.6 is 0 Å². The van der Waals surface area contributed by atoms with Crippen molar-refractivity contribution in [1.29, 1.82) is 0 Å². The second kappa shape index (κ2) is 4.28. The van der Waals surface area contributed by atoms with Crippen molar-refractivity contribution in [3.05, 3.63) is 37.9 Å². The molecule has 0 fully saturated rings. The summed E-state index contributed by atoms with van der Waals surface area (Å²) in [5, 5.41) is 22.6. The monoisotopic (exact) mass is 253 g/mol. The van der Waals surface area contributed by atoms with Crippen LogP contribution in [-0.4, -0.2) is 22.9 Å². The van der Waals surface area contributed by atoms with Gasteiger partial charge in [-0.15, -0.1) is 0 Å². The van der Waals surface area contributed by atoms with Crippen molar-refractivity contribution in [2.24, 2.45) is 0 Å². The van der Waals surface area contributed by atoms with Gasteiger partial charge in [-0.05, 0) is 12.0 Å². The average Bonchev–Trinajstić information content (AvgIpc) is 2.71. The van der Waals surface area contributed by atoms with Crippen molar-refractivity contribution in [3.63, 3.8) is 0 Å². The highest BCUT2D eigenvalue weighted by molar-refractivity contribution is 5.73. The molecule has 0 radical (unpaired) electrons. The molecule has 1 aromatic rings. The van der Waals surface area contributed by atoms with Crippen LogP contribution in [0.25, 0.3) is 0 Å². The summed E-state index contributed by atoms with van der Waals surface area (Å²) < 4.78 is 0. The maximum atomic E-state index is 10.9. The molecule has 0 bridgehead atoms. The molecule has 0 N–H and O–H groups in total. The maximum Gasteiger partial charge on any atom is 0.320 e. The van der Waals surface area contributed by atoms with Crippen LogP contribution in [0.4, 0.5) is 17.1 Å². The number of non-ortho nitro benzene ring substituents is 1. The Bertz CT molecular complexity index is 543. The fraction of sp³-hybridized carbons (Fsp3) is 0.222. The van der Waals surface area contributed by atoms with Crippen LogP contribution in [0.5, 0.6) is 0 Å². The number of rotatable bonds is 4. The highest BCUT2D eigenvalue weighted by Gasteiger charge is 2.33. The highest BCUT2D eigenvalue weighted by atomic mass is 16.7. The lowest BCUT2D eigenvalue weighted by Gasteiger charge is -2.14. The Balaban J connectivity index is 2.58. The van der Waals surface area contributed by atoms with Crippen molar-refractivity contribution in [1.82, 2.24) is 0 Å². The number of carbonyl (C=O) groups excluding carboxylic acids is 1. The SMILES string of the molecule is O=CON1CCc2cc([N+](=O)[O-])cc([N+](=O)[O-])c21. The fourth-order valence-corrected chi connectivity index (χ4v) is 1.88. The predicted molar refractivity (Wildman–Crippen MR) is 57.9 cm³/mol. The van der Waals surface area contributed by atoms with E-state index in [-0.39, 0.29) is 24.4 Å². The number of nitro groups is 2. The summed E-state index contributed by atoms with van der Waals surface area (Å²) in [6.45, 7) is 0.385. The van der Waals surface area contributed by atoms with E-state index < -0.39 is 15.5 Å². The van der Waals surface area contributed by atoms with E-state index in [0.717, 1.165) is 11.1 Å². The van der Waals surface area contributed by atoms with Gasteiger partial charge in [0.05, 0.1) is 22.5 Å². The van der Waals surface area contributed by atoms with Crippen molar-refractivity contribution < 1.29 is 19.5 Å².